The van der Waals surface area contributed by atoms with E-state index in [-0.39, 0.29) is 16.2 Å². The van der Waals surface area contributed by atoms with E-state index in [2.05, 4.69) is 118 Å². The third kappa shape index (κ3) is 12.8. The predicted molar refractivity (Wildman–Crippen MR) is 152 cm³/mol. The van der Waals surface area contributed by atoms with Crippen molar-refractivity contribution in [3.05, 3.63) is 17.4 Å². The Morgan fingerprint density at radius 1 is 0.875 bits per heavy atom. The molecule has 0 bridgehead atoms. The first-order chi connectivity index (χ1) is 14.2. The summed E-state index contributed by atoms with van der Waals surface area (Å²) in [4.78, 5) is 0. The average Bonchev–Trinajstić information content (AvgIpc) is 2.57. The molecule has 1 unspecified atom stereocenters. The Bertz CT molecular complexity index is 698. The maximum atomic E-state index is 6.72. The Morgan fingerprint density at radius 2 is 1.41 bits per heavy atom. The minimum atomic E-state index is -1.84. The predicted octanol–water partition coefficient (Wildman–Crippen LogP) is 8.94. The molecule has 0 saturated carbocycles. The molecule has 0 aliphatic carbocycles. The van der Waals surface area contributed by atoms with E-state index in [0.29, 0.717) is 0 Å². The molecule has 0 aromatic heterocycles. The molecule has 0 N–H and O–H groups in total. The Hall–Kier alpha value is -0.349. The van der Waals surface area contributed by atoms with Crippen molar-refractivity contribution in [2.75, 3.05) is 6.61 Å². The molecule has 5 heteroatoms. The summed E-state index contributed by atoms with van der Waals surface area (Å²) in [6, 6.07) is 0. The molecule has 0 aromatic rings. The van der Waals surface area contributed by atoms with Crippen molar-refractivity contribution in [1.82, 2.24) is 0 Å². The summed E-state index contributed by atoms with van der Waals surface area (Å²) < 4.78 is 13.0. The molecule has 0 saturated heterocycles. The Balaban J connectivity index is 5.16. The molecule has 0 rings (SSSR count). The molecule has 0 radical (unpaired) electrons. The van der Waals surface area contributed by atoms with Gasteiger partial charge in [-0.2, -0.15) is 0 Å². The van der Waals surface area contributed by atoms with E-state index >= 15 is 0 Å². The second-order valence-corrected chi connectivity index (χ2v) is 27.6. The molecular formula is C27H54O2Si3. The molecule has 0 heterocycles. The van der Waals surface area contributed by atoms with Crippen molar-refractivity contribution in [1.29, 1.82) is 0 Å². The smallest absolute Gasteiger partial charge is 0.192 e. The van der Waals surface area contributed by atoms with Crippen LogP contribution in [0, 0.1) is 11.5 Å². The Morgan fingerprint density at radius 3 is 1.88 bits per heavy atom. The normalized spacial score (nSPS) is 14.3. The van der Waals surface area contributed by atoms with Crippen molar-refractivity contribution >= 4 is 24.7 Å². The minimum absolute atomic E-state index is 0.0882. The summed E-state index contributed by atoms with van der Waals surface area (Å²) in [7, 11) is -4.81. The summed E-state index contributed by atoms with van der Waals surface area (Å²) in [6.07, 6.45) is 6.16. The largest absolute Gasteiger partial charge is 0.417 e. The van der Waals surface area contributed by atoms with Crippen LogP contribution < -0.4 is 0 Å². The van der Waals surface area contributed by atoms with Crippen molar-refractivity contribution < 1.29 is 8.85 Å². The van der Waals surface area contributed by atoms with E-state index in [1.54, 1.807) is 0 Å². The van der Waals surface area contributed by atoms with Gasteiger partial charge in [0.1, 0.15) is 8.07 Å². The molecular weight excluding hydrogens is 441 g/mol. The van der Waals surface area contributed by atoms with Gasteiger partial charge in [0.05, 0.1) is 6.10 Å². The van der Waals surface area contributed by atoms with Crippen molar-refractivity contribution in [2.45, 2.75) is 136 Å². The SMILES string of the molecule is CC(=C=CC(CCC#C[Si](C)(C)C)O[Si](C)(C)C(C)(C)C)CCCO[Si](C)(C)C(C)(C)C. The zero-order valence-electron chi connectivity index (χ0n) is 24.0. The first-order valence-electron chi connectivity index (χ1n) is 12.4. The van der Waals surface area contributed by atoms with E-state index in [1.807, 2.05) is 0 Å². The van der Waals surface area contributed by atoms with E-state index < -0.39 is 24.7 Å². The quantitative estimate of drug-likeness (QED) is 0.130. The summed E-state index contributed by atoms with van der Waals surface area (Å²) >= 11 is 0. The van der Waals surface area contributed by atoms with E-state index in [4.69, 9.17) is 8.85 Å². The molecule has 0 spiro atoms. The molecule has 0 aromatic carbocycles. The van der Waals surface area contributed by atoms with Crippen LogP contribution in [0.1, 0.15) is 74.1 Å². The lowest BCUT2D eigenvalue weighted by Gasteiger charge is -2.38. The van der Waals surface area contributed by atoms with Crippen LogP contribution in [0.5, 0.6) is 0 Å². The molecule has 0 fully saturated rings. The third-order valence-electron chi connectivity index (χ3n) is 6.75. The number of hydrogen-bond acceptors (Lipinski definition) is 2. The fourth-order valence-electron chi connectivity index (χ4n) is 2.46. The summed E-state index contributed by atoms with van der Waals surface area (Å²) in [5, 5.41) is 0.466. The van der Waals surface area contributed by atoms with E-state index in [1.165, 1.54) is 5.57 Å². The van der Waals surface area contributed by atoms with Gasteiger partial charge in [0.15, 0.2) is 16.6 Å². The van der Waals surface area contributed by atoms with Crippen LogP contribution in [0.15, 0.2) is 17.4 Å². The molecule has 0 aliphatic rings. The van der Waals surface area contributed by atoms with Crippen LogP contribution in [0.4, 0.5) is 0 Å². The van der Waals surface area contributed by atoms with Crippen LogP contribution >= 0.6 is 0 Å². The first-order valence-corrected chi connectivity index (χ1v) is 21.7. The average molecular weight is 495 g/mol. The lowest BCUT2D eigenvalue weighted by molar-refractivity contribution is 0.217. The highest BCUT2D eigenvalue weighted by atomic mass is 28.4. The van der Waals surface area contributed by atoms with Crippen molar-refractivity contribution in [2.24, 2.45) is 0 Å². The number of hydrogen-bond donors (Lipinski definition) is 0. The zero-order valence-corrected chi connectivity index (χ0v) is 27.0. The summed E-state index contributed by atoms with van der Waals surface area (Å²) in [6.45, 7) is 33.0. The van der Waals surface area contributed by atoms with E-state index in [0.717, 1.165) is 32.3 Å². The lowest BCUT2D eigenvalue weighted by atomic mass is 10.1. The first kappa shape index (κ1) is 31.7. The van der Waals surface area contributed by atoms with Gasteiger partial charge in [-0.15, -0.1) is 17.2 Å². The topological polar surface area (TPSA) is 18.5 Å². The highest BCUT2D eigenvalue weighted by molar-refractivity contribution is 6.83. The van der Waals surface area contributed by atoms with Crippen LogP contribution in [0.2, 0.25) is 55.9 Å². The van der Waals surface area contributed by atoms with Crippen molar-refractivity contribution in [3.8, 4) is 11.5 Å². The second kappa shape index (κ2) is 12.4. The Kier molecular flexibility index (Phi) is 12.2. The van der Waals surface area contributed by atoms with Crippen LogP contribution in [-0.4, -0.2) is 37.4 Å². The van der Waals surface area contributed by atoms with Gasteiger partial charge < -0.3 is 8.85 Å². The maximum Gasteiger partial charge on any atom is 0.192 e. The van der Waals surface area contributed by atoms with Gasteiger partial charge in [-0.25, -0.2) is 0 Å². The van der Waals surface area contributed by atoms with Gasteiger partial charge in [0, 0.05) is 13.0 Å². The van der Waals surface area contributed by atoms with Gasteiger partial charge in [-0.05, 0) is 74.1 Å². The zero-order chi connectivity index (χ0) is 25.4. The highest BCUT2D eigenvalue weighted by Gasteiger charge is 2.39. The monoisotopic (exact) mass is 494 g/mol. The third-order valence-corrected chi connectivity index (χ3v) is 16.7. The minimum Gasteiger partial charge on any atom is -0.417 e. The van der Waals surface area contributed by atoms with Crippen LogP contribution in [-0.2, 0) is 8.85 Å². The fourth-order valence-corrected chi connectivity index (χ4v) is 5.50. The van der Waals surface area contributed by atoms with Crippen LogP contribution in [0.3, 0.4) is 0 Å². The maximum absolute atomic E-state index is 6.72. The molecule has 0 aliphatic heterocycles. The van der Waals surface area contributed by atoms with Gasteiger partial charge in [0.2, 0.25) is 0 Å². The molecule has 32 heavy (non-hydrogen) atoms. The summed E-state index contributed by atoms with van der Waals surface area (Å²) in [5.74, 6) is 3.42. The van der Waals surface area contributed by atoms with Gasteiger partial charge >= 0.3 is 0 Å². The fraction of sp³-hybridized carbons (Fsp3) is 0.815. The second-order valence-electron chi connectivity index (χ2n) is 13.3. The molecule has 1 atom stereocenters. The summed E-state index contributed by atoms with van der Waals surface area (Å²) in [5.41, 5.74) is 8.31. The molecule has 2 nitrogen and oxygen atoms in total. The van der Waals surface area contributed by atoms with Gasteiger partial charge in [-0.1, -0.05) is 61.2 Å². The number of rotatable bonds is 10. The highest BCUT2D eigenvalue weighted by Crippen LogP contribution is 2.38. The standard InChI is InChI=1S/C27H54O2Si3/c1-24(18-17-22-28-31(11,12)26(2,3)4)20-21-25(19-15-16-23-30(8,9)10)29-32(13,14)27(5,6)7/h21,25H,15,17-19,22H2,1-14H3. The lowest BCUT2D eigenvalue weighted by Crippen LogP contribution is -2.43. The van der Waals surface area contributed by atoms with Gasteiger partial charge in [-0.3, -0.25) is 0 Å². The van der Waals surface area contributed by atoms with E-state index in [9.17, 15) is 0 Å². The van der Waals surface area contributed by atoms with Crippen molar-refractivity contribution in [3.63, 3.8) is 0 Å². The van der Waals surface area contributed by atoms with Gasteiger partial charge in [0.25, 0.3) is 0 Å². The van der Waals surface area contributed by atoms with Crippen LogP contribution in [0.25, 0.3) is 0 Å². The Labute approximate surface area is 204 Å². The molecule has 186 valence electrons. The molecule has 0 amide bonds.